The normalized spacial score (nSPS) is 29.0. The van der Waals surface area contributed by atoms with Gasteiger partial charge < -0.3 is 5.32 Å². The Hall–Kier alpha value is -0.130. The Kier molecular flexibility index (Phi) is 3.09. The zero-order valence-corrected chi connectivity index (χ0v) is 9.22. The molecule has 2 rings (SSSR count). The Bertz CT molecular complexity index is 279. The van der Waals surface area contributed by atoms with Gasteiger partial charge in [0, 0.05) is 13.1 Å². The van der Waals surface area contributed by atoms with Crippen molar-refractivity contribution in [3.05, 3.63) is 0 Å². The molecular weight excluding hydrogens is 200 g/mol. The first-order valence-electron chi connectivity index (χ1n) is 5.37. The predicted octanol–water partition coefficient (Wildman–Crippen LogP) is 0.0215. The van der Waals surface area contributed by atoms with Gasteiger partial charge in [0.25, 0.3) is 0 Å². The molecule has 0 aromatic heterocycles. The van der Waals surface area contributed by atoms with E-state index in [0.717, 1.165) is 45.4 Å². The van der Waals surface area contributed by atoms with Gasteiger partial charge >= 0.3 is 0 Å². The van der Waals surface area contributed by atoms with Gasteiger partial charge in [-0.15, -0.1) is 0 Å². The second-order valence-corrected chi connectivity index (χ2v) is 6.30. The topological polar surface area (TPSA) is 49.4 Å². The van der Waals surface area contributed by atoms with E-state index in [-0.39, 0.29) is 0 Å². The lowest BCUT2D eigenvalue weighted by molar-refractivity contribution is 0.308. The molecule has 2 saturated heterocycles. The van der Waals surface area contributed by atoms with Crippen molar-refractivity contribution in [2.24, 2.45) is 5.92 Å². The van der Waals surface area contributed by atoms with Crippen LogP contribution in [-0.4, -0.2) is 44.7 Å². The van der Waals surface area contributed by atoms with Crippen LogP contribution in [0.1, 0.15) is 19.3 Å². The molecule has 0 spiro atoms. The SMILES string of the molecule is O=S(=O)(CCC1CCNC1)N1CCC1. The van der Waals surface area contributed by atoms with E-state index in [0.29, 0.717) is 11.7 Å². The molecule has 14 heavy (non-hydrogen) atoms. The molecule has 1 N–H and O–H groups in total. The molecule has 2 heterocycles. The summed E-state index contributed by atoms with van der Waals surface area (Å²) in [6, 6.07) is 0. The van der Waals surface area contributed by atoms with Crippen LogP contribution < -0.4 is 5.32 Å². The maximum absolute atomic E-state index is 11.7. The first-order valence-corrected chi connectivity index (χ1v) is 6.98. The highest BCUT2D eigenvalue weighted by molar-refractivity contribution is 7.89. The lowest BCUT2D eigenvalue weighted by Gasteiger charge is -2.30. The summed E-state index contributed by atoms with van der Waals surface area (Å²) < 4.78 is 25.0. The van der Waals surface area contributed by atoms with E-state index in [4.69, 9.17) is 0 Å². The van der Waals surface area contributed by atoms with Gasteiger partial charge in [0.05, 0.1) is 5.75 Å². The van der Waals surface area contributed by atoms with E-state index in [1.54, 1.807) is 4.31 Å². The number of rotatable bonds is 4. The number of nitrogens with one attached hydrogen (secondary N) is 1. The minimum absolute atomic E-state index is 0.347. The van der Waals surface area contributed by atoms with Crippen LogP contribution in [0.2, 0.25) is 0 Å². The molecular formula is C9H18N2O2S. The molecule has 0 aromatic carbocycles. The van der Waals surface area contributed by atoms with E-state index in [9.17, 15) is 8.42 Å². The van der Waals surface area contributed by atoms with Crippen LogP contribution in [0.3, 0.4) is 0 Å². The first-order chi connectivity index (χ1) is 6.68. The van der Waals surface area contributed by atoms with E-state index < -0.39 is 10.0 Å². The van der Waals surface area contributed by atoms with Crippen LogP contribution in [0.25, 0.3) is 0 Å². The van der Waals surface area contributed by atoms with Crippen molar-refractivity contribution in [1.29, 1.82) is 0 Å². The van der Waals surface area contributed by atoms with Gasteiger partial charge in [-0.05, 0) is 38.3 Å². The summed E-state index contributed by atoms with van der Waals surface area (Å²) in [5, 5.41) is 3.26. The van der Waals surface area contributed by atoms with Crippen molar-refractivity contribution in [3.8, 4) is 0 Å². The number of hydrogen-bond acceptors (Lipinski definition) is 3. The van der Waals surface area contributed by atoms with Crippen LogP contribution in [0, 0.1) is 5.92 Å². The maximum atomic E-state index is 11.7. The van der Waals surface area contributed by atoms with E-state index in [2.05, 4.69) is 5.32 Å². The monoisotopic (exact) mass is 218 g/mol. The van der Waals surface area contributed by atoms with Gasteiger partial charge in [-0.1, -0.05) is 0 Å². The average Bonchev–Trinajstić information content (AvgIpc) is 2.48. The number of hydrogen-bond donors (Lipinski definition) is 1. The first kappa shape index (κ1) is 10.4. The number of sulfonamides is 1. The fraction of sp³-hybridized carbons (Fsp3) is 1.00. The molecule has 5 heteroatoms. The van der Waals surface area contributed by atoms with Crippen LogP contribution in [-0.2, 0) is 10.0 Å². The fourth-order valence-corrected chi connectivity index (χ4v) is 3.67. The number of nitrogens with zero attached hydrogens (tertiary/aromatic N) is 1. The highest BCUT2D eigenvalue weighted by Crippen LogP contribution is 2.18. The minimum atomic E-state index is -2.91. The van der Waals surface area contributed by atoms with E-state index >= 15 is 0 Å². The van der Waals surface area contributed by atoms with Gasteiger partial charge in [0.15, 0.2) is 0 Å². The van der Waals surface area contributed by atoms with Crippen LogP contribution >= 0.6 is 0 Å². The third kappa shape index (κ3) is 2.27. The Balaban J connectivity index is 1.78. The standard InChI is InChI=1S/C9H18N2O2S/c12-14(13,11-5-1-6-11)7-3-9-2-4-10-8-9/h9-10H,1-8H2. The zero-order chi connectivity index (χ0) is 10.0. The van der Waals surface area contributed by atoms with Crippen molar-refractivity contribution in [1.82, 2.24) is 9.62 Å². The van der Waals surface area contributed by atoms with Crippen LogP contribution in [0.4, 0.5) is 0 Å². The van der Waals surface area contributed by atoms with Crippen molar-refractivity contribution in [2.45, 2.75) is 19.3 Å². The molecule has 0 aromatic rings. The highest BCUT2D eigenvalue weighted by atomic mass is 32.2. The molecule has 82 valence electrons. The molecule has 1 atom stereocenters. The second-order valence-electron chi connectivity index (χ2n) is 4.22. The quantitative estimate of drug-likeness (QED) is 0.724. The second kappa shape index (κ2) is 4.16. The molecule has 0 aliphatic carbocycles. The Morgan fingerprint density at radius 1 is 1.36 bits per heavy atom. The van der Waals surface area contributed by atoms with Gasteiger partial charge in [-0.3, -0.25) is 0 Å². The third-order valence-corrected chi connectivity index (χ3v) is 5.06. The minimum Gasteiger partial charge on any atom is -0.316 e. The van der Waals surface area contributed by atoms with E-state index in [1.807, 2.05) is 0 Å². The van der Waals surface area contributed by atoms with Crippen molar-refractivity contribution in [3.63, 3.8) is 0 Å². The van der Waals surface area contributed by atoms with Gasteiger partial charge in [-0.25, -0.2) is 12.7 Å². The predicted molar refractivity (Wildman–Crippen MR) is 55.6 cm³/mol. The Morgan fingerprint density at radius 3 is 2.64 bits per heavy atom. The van der Waals surface area contributed by atoms with Crippen molar-refractivity contribution in [2.75, 3.05) is 31.9 Å². The molecule has 2 aliphatic rings. The summed E-state index contributed by atoms with van der Waals surface area (Å²) in [6.07, 6.45) is 2.99. The summed E-state index contributed by atoms with van der Waals surface area (Å²) in [5.74, 6) is 0.922. The molecule has 0 bridgehead atoms. The van der Waals surface area contributed by atoms with Gasteiger partial charge in [0.1, 0.15) is 0 Å². The summed E-state index contributed by atoms with van der Waals surface area (Å²) >= 11 is 0. The molecule has 0 saturated carbocycles. The Labute approximate surface area is 85.7 Å². The summed E-state index contributed by atoms with van der Waals surface area (Å²) in [4.78, 5) is 0. The molecule has 0 amide bonds. The van der Waals surface area contributed by atoms with Gasteiger partial charge in [0.2, 0.25) is 10.0 Å². The maximum Gasteiger partial charge on any atom is 0.214 e. The molecule has 2 fully saturated rings. The van der Waals surface area contributed by atoms with Gasteiger partial charge in [-0.2, -0.15) is 0 Å². The largest absolute Gasteiger partial charge is 0.316 e. The molecule has 4 nitrogen and oxygen atoms in total. The lowest BCUT2D eigenvalue weighted by atomic mass is 10.1. The summed E-state index contributed by atoms with van der Waals surface area (Å²) in [7, 11) is -2.91. The van der Waals surface area contributed by atoms with Crippen molar-refractivity contribution >= 4 is 10.0 Å². The highest BCUT2D eigenvalue weighted by Gasteiger charge is 2.28. The van der Waals surface area contributed by atoms with Crippen molar-refractivity contribution < 1.29 is 8.42 Å². The summed E-state index contributed by atoms with van der Waals surface area (Å²) in [6.45, 7) is 3.53. The smallest absolute Gasteiger partial charge is 0.214 e. The average molecular weight is 218 g/mol. The molecule has 0 radical (unpaired) electrons. The lowest BCUT2D eigenvalue weighted by Crippen LogP contribution is -2.43. The van der Waals surface area contributed by atoms with Crippen LogP contribution in [0.5, 0.6) is 0 Å². The summed E-state index contributed by atoms with van der Waals surface area (Å²) in [5.41, 5.74) is 0. The zero-order valence-electron chi connectivity index (χ0n) is 8.41. The fourth-order valence-electron chi connectivity index (χ4n) is 1.97. The Morgan fingerprint density at radius 2 is 2.14 bits per heavy atom. The van der Waals surface area contributed by atoms with Crippen LogP contribution in [0.15, 0.2) is 0 Å². The molecule has 2 aliphatic heterocycles. The van der Waals surface area contributed by atoms with E-state index in [1.165, 1.54) is 0 Å². The molecule has 1 unspecified atom stereocenters. The third-order valence-electron chi connectivity index (χ3n) is 3.15.